The Balaban J connectivity index is 2.00. The number of fused-ring (bicyclic) bond motifs is 3. The summed E-state index contributed by atoms with van der Waals surface area (Å²) in [4.78, 5) is 28.1. The number of aryl methyl sites for hydroxylation is 2. The molecule has 4 N–H and O–H groups in total. The molecule has 1 aromatic heterocycles. The van der Waals surface area contributed by atoms with Gasteiger partial charge in [0.1, 0.15) is 6.04 Å². The Morgan fingerprint density at radius 3 is 2.41 bits per heavy atom. The maximum Gasteiger partial charge on any atom is 0.248 e. The van der Waals surface area contributed by atoms with Gasteiger partial charge in [-0.3, -0.25) is 14.6 Å². The maximum atomic E-state index is 11.7. The molecule has 0 saturated heterocycles. The van der Waals surface area contributed by atoms with E-state index in [1.54, 1.807) is 24.3 Å². The molecular formula is C22H20N4O3. The number of rotatable bonds is 4. The van der Waals surface area contributed by atoms with E-state index in [2.05, 4.69) is 5.16 Å². The summed E-state index contributed by atoms with van der Waals surface area (Å²) < 4.78 is 5.59. The highest BCUT2D eigenvalue weighted by molar-refractivity contribution is 6.18. The number of nitrogens with two attached hydrogens (primary N) is 2. The SMILES string of the molecule is Cc1cccc2c1C(c1ccc(C(N)=O)cc1)=N[C@@H](CC(N)=O)c1onc(C)c1-2. The van der Waals surface area contributed by atoms with Crippen LogP contribution < -0.4 is 11.5 Å². The molecule has 0 saturated carbocycles. The van der Waals surface area contributed by atoms with Crippen LogP contribution in [0.25, 0.3) is 11.1 Å². The second-order valence-corrected chi connectivity index (χ2v) is 7.11. The zero-order valence-corrected chi connectivity index (χ0v) is 16.1. The first-order chi connectivity index (χ1) is 13.9. The number of benzene rings is 2. The van der Waals surface area contributed by atoms with Gasteiger partial charge in [-0.05, 0) is 37.1 Å². The number of primary amides is 2. The van der Waals surface area contributed by atoms with Crippen LogP contribution in [0, 0.1) is 13.8 Å². The van der Waals surface area contributed by atoms with Gasteiger partial charge in [0.15, 0.2) is 5.76 Å². The first-order valence-electron chi connectivity index (χ1n) is 9.19. The number of carbonyl (C=O) groups is 2. The summed E-state index contributed by atoms with van der Waals surface area (Å²) in [6, 6.07) is 12.3. The minimum atomic E-state index is -0.596. The van der Waals surface area contributed by atoms with Crippen molar-refractivity contribution in [2.75, 3.05) is 0 Å². The molecule has 0 aliphatic carbocycles. The highest BCUT2D eigenvalue weighted by atomic mass is 16.5. The van der Waals surface area contributed by atoms with Crippen molar-refractivity contribution in [3.8, 4) is 11.1 Å². The average molecular weight is 388 g/mol. The average Bonchev–Trinajstić information content (AvgIpc) is 2.99. The number of nitrogens with zero attached hydrogens (tertiary/aromatic N) is 2. The fourth-order valence-corrected chi connectivity index (χ4v) is 3.75. The summed E-state index contributed by atoms with van der Waals surface area (Å²) in [6.45, 7) is 3.87. The van der Waals surface area contributed by atoms with Crippen LogP contribution in [-0.2, 0) is 4.79 Å². The Morgan fingerprint density at radius 2 is 1.76 bits per heavy atom. The van der Waals surface area contributed by atoms with Crippen molar-refractivity contribution < 1.29 is 14.1 Å². The van der Waals surface area contributed by atoms with E-state index in [1.165, 1.54) is 0 Å². The van der Waals surface area contributed by atoms with E-state index in [-0.39, 0.29) is 6.42 Å². The molecule has 3 aromatic rings. The van der Waals surface area contributed by atoms with Crippen LogP contribution >= 0.6 is 0 Å². The Labute approximate surface area is 167 Å². The second kappa shape index (κ2) is 7.01. The predicted molar refractivity (Wildman–Crippen MR) is 109 cm³/mol. The lowest BCUT2D eigenvalue weighted by molar-refractivity contribution is -0.118. The monoisotopic (exact) mass is 388 g/mol. The summed E-state index contributed by atoms with van der Waals surface area (Å²) in [7, 11) is 0. The van der Waals surface area contributed by atoms with E-state index in [0.29, 0.717) is 17.0 Å². The second-order valence-electron chi connectivity index (χ2n) is 7.11. The molecule has 7 heteroatoms. The number of aromatic nitrogens is 1. The Bertz CT molecular complexity index is 1160. The van der Waals surface area contributed by atoms with Gasteiger partial charge in [-0.1, -0.05) is 35.5 Å². The van der Waals surface area contributed by atoms with E-state index < -0.39 is 17.9 Å². The fraction of sp³-hybridized carbons (Fsp3) is 0.182. The molecule has 2 aromatic carbocycles. The molecule has 7 nitrogen and oxygen atoms in total. The first-order valence-corrected chi connectivity index (χ1v) is 9.19. The molecule has 1 aliphatic heterocycles. The molecule has 0 bridgehead atoms. The molecule has 0 spiro atoms. The third-order valence-electron chi connectivity index (χ3n) is 5.09. The first kappa shape index (κ1) is 18.6. The lowest BCUT2D eigenvalue weighted by Crippen LogP contribution is -2.16. The predicted octanol–water partition coefficient (Wildman–Crippen LogP) is 2.82. The van der Waals surface area contributed by atoms with Crippen LogP contribution in [0.3, 0.4) is 0 Å². The molecule has 0 fully saturated rings. The van der Waals surface area contributed by atoms with Gasteiger partial charge in [0.25, 0.3) is 0 Å². The zero-order chi connectivity index (χ0) is 20.7. The van der Waals surface area contributed by atoms with Crippen molar-refractivity contribution in [1.82, 2.24) is 5.16 Å². The van der Waals surface area contributed by atoms with Crippen molar-refractivity contribution in [1.29, 1.82) is 0 Å². The molecule has 0 unspecified atom stereocenters. The van der Waals surface area contributed by atoms with Crippen molar-refractivity contribution in [3.05, 3.63) is 76.2 Å². The number of amides is 2. The van der Waals surface area contributed by atoms with Gasteiger partial charge in [-0.25, -0.2) is 0 Å². The molecule has 1 atom stereocenters. The normalized spacial score (nSPS) is 15.1. The summed E-state index contributed by atoms with van der Waals surface area (Å²) in [5.41, 5.74) is 17.2. The fourth-order valence-electron chi connectivity index (χ4n) is 3.75. The highest BCUT2D eigenvalue weighted by Crippen LogP contribution is 2.41. The van der Waals surface area contributed by atoms with Gasteiger partial charge >= 0.3 is 0 Å². The summed E-state index contributed by atoms with van der Waals surface area (Å²) >= 11 is 0. The summed E-state index contributed by atoms with van der Waals surface area (Å²) in [5.74, 6) is -0.454. The number of hydrogen-bond donors (Lipinski definition) is 2. The minimum absolute atomic E-state index is 0.00244. The van der Waals surface area contributed by atoms with Crippen LogP contribution in [0.5, 0.6) is 0 Å². The summed E-state index contributed by atoms with van der Waals surface area (Å²) in [6.07, 6.45) is -0.00244. The van der Waals surface area contributed by atoms with E-state index >= 15 is 0 Å². The maximum absolute atomic E-state index is 11.7. The quantitative estimate of drug-likeness (QED) is 0.713. The van der Waals surface area contributed by atoms with Crippen molar-refractivity contribution in [2.24, 2.45) is 16.5 Å². The third kappa shape index (κ3) is 3.20. The topological polar surface area (TPSA) is 125 Å². The van der Waals surface area contributed by atoms with Crippen molar-refractivity contribution >= 4 is 17.5 Å². The third-order valence-corrected chi connectivity index (χ3v) is 5.09. The molecule has 4 rings (SSSR count). The van der Waals surface area contributed by atoms with Gasteiger partial charge < -0.3 is 16.0 Å². The molecule has 146 valence electrons. The van der Waals surface area contributed by atoms with Crippen LogP contribution in [0.15, 0.2) is 52.0 Å². The smallest absolute Gasteiger partial charge is 0.248 e. The van der Waals surface area contributed by atoms with Gasteiger partial charge in [0, 0.05) is 16.7 Å². The van der Waals surface area contributed by atoms with Gasteiger partial charge in [0.2, 0.25) is 11.8 Å². The molecular weight excluding hydrogens is 368 g/mol. The Morgan fingerprint density at radius 1 is 1.03 bits per heavy atom. The van der Waals surface area contributed by atoms with Crippen LogP contribution in [-0.4, -0.2) is 22.7 Å². The molecule has 29 heavy (non-hydrogen) atoms. The number of carbonyl (C=O) groups excluding carboxylic acids is 2. The van der Waals surface area contributed by atoms with Gasteiger partial charge in [-0.15, -0.1) is 0 Å². The number of hydrogen-bond acceptors (Lipinski definition) is 5. The van der Waals surface area contributed by atoms with Crippen LogP contribution in [0.2, 0.25) is 0 Å². The van der Waals surface area contributed by atoms with E-state index in [9.17, 15) is 9.59 Å². The minimum Gasteiger partial charge on any atom is -0.370 e. The number of aliphatic imine (C=N–C) groups is 1. The van der Waals surface area contributed by atoms with E-state index in [0.717, 1.165) is 33.5 Å². The van der Waals surface area contributed by atoms with Crippen LogP contribution in [0.4, 0.5) is 0 Å². The molecule has 1 aliphatic rings. The van der Waals surface area contributed by atoms with E-state index in [4.69, 9.17) is 21.0 Å². The van der Waals surface area contributed by atoms with Crippen molar-refractivity contribution in [3.63, 3.8) is 0 Å². The molecule has 2 heterocycles. The largest absolute Gasteiger partial charge is 0.370 e. The lowest BCUT2D eigenvalue weighted by atomic mass is 9.89. The Hall–Kier alpha value is -3.74. The molecule has 2 amide bonds. The lowest BCUT2D eigenvalue weighted by Gasteiger charge is -2.14. The zero-order valence-electron chi connectivity index (χ0n) is 16.1. The molecule has 0 radical (unpaired) electrons. The van der Waals surface area contributed by atoms with Crippen molar-refractivity contribution in [2.45, 2.75) is 26.3 Å². The standard InChI is InChI=1S/C22H20N4O3/c1-11-4-3-5-15-18(11)20(13-6-8-14(9-7-13)22(24)28)25-16(10-17(23)27)21-19(15)12(2)26-29-21/h3-9,16H,10H2,1-2H3,(H2,23,27)(H2,24,28)/t16-/m0/s1. The van der Waals surface area contributed by atoms with Gasteiger partial charge in [-0.2, -0.15) is 0 Å². The van der Waals surface area contributed by atoms with Gasteiger partial charge in [0.05, 0.1) is 23.4 Å². The van der Waals surface area contributed by atoms with Crippen LogP contribution in [0.1, 0.15) is 51.0 Å². The Kier molecular flexibility index (Phi) is 4.50. The summed E-state index contributed by atoms with van der Waals surface area (Å²) in [5, 5.41) is 4.11. The van der Waals surface area contributed by atoms with E-state index in [1.807, 2.05) is 32.0 Å². The highest BCUT2D eigenvalue weighted by Gasteiger charge is 2.31.